The van der Waals surface area contributed by atoms with Gasteiger partial charge in [-0.2, -0.15) is 0 Å². The smallest absolute Gasteiger partial charge is 0.445 e. The van der Waals surface area contributed by atoms with E-state index in [0.29, 0.717) is 38.8 Å². The number of rotatable bonds is 18. The molecule has 1 amide bonds. The number of amides is 1. The predicted molar refractivity (Wildman–Crippen MR) is 182 cm³/mol. The number of para-hydroxylation sites is 1. The summed E-state index contributed by atoms with van der Waals surface area (Å²) in [6.07, 6.45) is 5.23. The molecule has 0 atom stereocenters. The molecule has 0 saturated carbocycles. The van der Waals surface area contributed by atoms with Crippen molar-refractivity contribution in [3.05, 3.63) is 72.3 Å². The van der Waals surface area contributed by atoms with Gasteiger partial charge in [0.05, 0.1) is 11.4 Å². The van der Waals surface area contributed by atoms with Crippen molar-refractivity contribution >= 4 is 38.0 Å². The van der Waals surface area contributed by atoms with Crippen LogP contribution in [0.15, 0.2) is 76.5 Å². The maximum Gasteiger partial charge on any atom is 0.500 e. The first kappa shape index (κ1) is 34.1. The number of hydrogen-bond acceptors (Lipinski definition) is 7. The number of fused-ring (bicyclic) bond motifs is 2. The molecular formula is C35H48N2O5SSi. The third-order valence-corrected chi connectivity index (χ3v) is 11.8. The maximum atomic E-state index is 12.3. The third kappa shape index (κ3) is 9.34. The monoisotopic (exact) mass is 636 g/mol. The third-order valence-electron chi connectivity index (χ3n) is 7.54. The van der Waals surface area contributed by atoms with Gasteiger partial charge < -0.3 is 28.2 Å². The van der Waals surface area contributed by atoms with E-state index in [4.69, 9.17) is 18.0 Å². The highest BCUT2D eigenvalue weighted by atomic mass is 32.2. The van der Waals surface area contributed by atoms with Gasteiger partial charge in [-0.05, 0) is 74.6 Å². The number of nitrogens with one attached hydrogen (secondary N) is 1. The van der Waals surface area contributed by atoms with Crippen molar-refractivity contribution in [2.75, 3.05) is 37.8 Å². The zero-order valence-electron chi connectivity index (χ0n) is 26.7. The molecule has 0 spiro atoms. The lowest BCUT2D eigenvalue weighted by molar-refractivity contribution is 0.0706. The van der Waals surface area contributed by atoms with E-state index in [1.54, 1.807) is 0 Å². The second-order valence-corrected chi connectivity index (χ2v) is 14.6. The Hall–Kier alpha value is -2.82. The van der Waals surface area contributed by atoms with E-state index in [1.807, 2.05) is 44.7 Å². The highest BCUT2D eigenvalue weighted by Gasteiger charge is 2.39. The number of benzene rings is 3. The van der Waals surface area contributed by atoms with Crippen LogP contribution in [0.25, 0.3) is 11.1 Å². The predicted octanol–water partition coefficient (Wildman–Crippen LogP) is 9.20. The number of ether oxygens (including phenoxy) is 1. The van der Waals surface area contributed by atoms with Gasteiger partial charge in [0.1, 0.15) is 6.61 Å². The van der Waals surface area contributed by atoms with Crippen LogP contribution in [0.4, 0.5) is 16.2 Å². The summed E-state index contributed by atoms with van der Waals surface area (Å²) in [6, 6.07) is 24.4. The van der Waals surface area contributed by atoms with Crippen molar-refractivity contribution < 1.29 is 22.8 Å². The summed E-state index contributed by atoms with van der Waals surface area (Å²) in [5.41, 5.74) is 5.85. The Morgan fingerprint density at radius 2 is 1.45 bits per heavy atom. The Morgan fingerprint density at radius 1 is 0.773 bits per heavy atom. The molecule has 44 heavy (non-hydrogen) atoms. The van der Waals surface area contributed by atoms with Gasteiger partial charge in [-0.3, -0.25) is 0 Å². The molecule has 0 bridgehead atoms. The van der Waals surface area contributed by atoms with Crippen LogP contribution in [0.2, 0.25) is 6.04 Å². The SMILES string of the molecule is CCCCCCN1c2ccccc2Sc2cc(-c3ccc(COC(=O)NCCC[Si](OCC)(OCC)OCC)cc3)ccc21. The number of nitrogens with zero attached hydrogens (tertiary/aromatic N) is 1. The Bertz CT molecular complexity index is 1310. The zero-order valence-corrected chi connectivity index (χ0v) is 28.5. The van der Waals surface area contributed by atoms with Crippen molar-refractivity contribution in [3.63, 3.8) is 0 Å². The number of hydrogen-bond donors (Lipinski definition) is 1. The molecule has 1 aliphatic rings. The van der Waals surface area contributed by atoms with E-state index in [1.165, 1.54) is 52.4 Å². The lowest BCUT2D eigenvalue weighted by Gasteiger charge is -2.33. The molecule has 3 aromatic carbocycles. The normalized spacial score (nSPS) is 12.5. The molecule has 0 aromatic heterocycles. The van der Waals surface area contributed by atoms with Crippen molar-refractivity contribution in [1.82, 2.24) is 5.32 Å². The molecule has 0 radical (unpaired) electrons. The molecule has 0 unspecified atom stereocenters. The minimum Gasteiger partial charge on any atom is -0.445 e. The maximum absolute atomic E-state index is 12.3. The zero-order chi connectivity index (χ0) is 31.2. The standard InChI is InChI=1S/C35H48N2O5SSi/c1-5-9-10-13-24-37-31-15-11-12-16-33(31)43-34-26-30(21-22-32(34)37)29-19-17-28(18-20-29)27-39-35(38)36-23-14-25-44(40-6-2,41-7-3)42-8-4/h11-12,15-22,26H,5-10,13-14,23-25,27H2,1-4H3,(H,36,38). The summed E-state index contributed by atoms with van der Waals surface area (Å²) >= 11 is 1.84. The number of alkyl carbamates (subject to hydrolysis) is 1. The van der Waals surface area contributed by atoms with Crippen molar-refractivity contribution in [1.29, 1.82) is 0 Å². The molecule has 0 fully saturated rings. The van der Waals surface area contributed by atoms with Gasteiger partial charge >= 0.3 is 14.9 Å². The molecule has 3 aromatic rings. The fourth-order valence-electron chi connectivity index (χ4n) is 5.44. The molecule has 1 N–H and O–H groups in total. The summed E-state index contributed by atoms with van der Waals surface area (Å²) < 4.78 is 23.1. The van der Waals surface area contributed by atoms with Crippen LogP contribution < -0.4 is 10.2 Å². The number of anilines is 2. The Kier molecular flexibility index (Phi) is 13.6. The number of unbranched alkanes of at least 4 members (excludes halogenated alkanes) is 3. The van der Waals surface area contributed by atoms with Gasteiger partial charge in [0.15, 0.2) is 0 Å². The second kappa shape index (κ2) is 17.6. The van der Waals surface area contributed by atoms with Crippen LogP contribution in [0.5, 0.6) is 0 Å². The highest BCUT2D eigenvalue weighted by Crippen LogP contribution is 2.49. The van der Waals surface area contributed by atoms with Crippen LogP contribution in [0.1, 0.15) is 65.4 Å². The molecule has 4 rings (SSSR count). The minimum atomic E-state index is -2.70. The molecular weight excluding hydrogens is 589 g/mol. The molecule has 0 aliphatic carbocycles. The fourth-order valence-corrected chi connectivity index (χ4v) is 9.19. The van der Waals surface area contributed by atoms with Crippen molar-refractivity contribution in [2.45, 2.75) is 82.2 Å². The largest absolute Gasteiger partial charge is 0.500 e. The summed E-state index contributed by atoms with van der Waals surface area (Å²) in [5.74, 6) is 0. The summed E-state index contributed by atoms with van der Waals surface area (Å²) in [7, 11) is -2.70. The average molecular weight is 637 g/mol. The quantitative estimate of drug-likeness (QED) is 0.110. The highest BCUT2D eigenvalue weighted by molar-refractivity contribution is 7.99. The molecule has 0 saturated heterocycles. The van der Waals surface area contributed by atoms with Crippen LogP contribution in [-0.2, 0) is 24.6 Å². The Labute approximate surface area is 269 Å². The van der Waals surface area contributed by atoms with Crippen LogP contribution >= 0.6 is 11.8 Å². The van der Waals surface area contributed by atoms with Gasteiger partial charge in [-0.15, -0.1) is 0 Å². The summed E-state index contributed by atoms with van der Waals surface area (Å²) in [5, 5.41) is 2.84. The molecule has 238 valence electrons. The van der Waals surface area contributed by atoms with Gasteiger partial charge in [0.25, 0.3) is 0 Å². The lowest BCUT2D eigenvalue weighted by atomic mass is 10.0. The first-order valence-corrected chi connectivity index (χ1v) is 18.9. The van der Waals surface area contributed by atoms with E-state index in [9.17, 15) is 4.79 Å². The molecule has 1 heterocycles. The first-order valence-electron chi connectivity index (χ1n) is 16.1. The van der Waals surface area contributed by atoms with Crippen LogP contribution in [0, 0.1) is 0 Å². The van der Waals surface area contributed by atoms with E-state index in [2.05, 4.69) is 71.7 Å². The molecule has 7 nitrogen and oxygen atoms in total. The topological polar surface area (TPSA) is 69.3 Å². The van der Waals surface area contributed by atoms with Gasteiger partial charge in [-0.1, -0.05) is 80.4 Å². The van der Waals surface area contributed by atoms with Gasteiger partial charge in [-0.25, -0.2) is 4.79 Å². The summed E-state index contributed by atoms with van der Waals surface area (Å²) in [6.45, 7) is 11.4. The lowest BCUT2D eigenvalue weighted by Crippen LogP contribution is -2.46. The number of carbonyl (C=O) groups is 1. The molecule has 1 aliphatic heterocycles. The van der Waals surface area contributed by atoms with Crippen LogP contribution in [0.3, 0.4) is 0 Å². The molecule has 9 heteroatoms. The van der Waals surface area contributed by atoms with Crippen molar-refractivity contribution in [2.24, 2.45) is 0 Å². The van der Waals surface area contributed by atoms with E-state index in [-0.39, 0.29) is 6.61 Å². The minimum absolute atomic E-state index is 0.214. The fraction of sp³-hybridized carbons (Fsp3) is 0.457. The van der Waals surface area contributed by atoms with Crippen molar-refractivity contribution in [3.8, 4) is 11.1 Å². The Balaban J connectivity index is 1.30. The van der Waals surface area contributed by atoms with Gasteiger partial charge in [0.2, 0.25) is 0 Å². The van der Waals surface area contributed by atoms with Crippen LogP contribution in [-0.4, -0.2) is 47.8 Å². The van der Waals surface area contributed by atoms with E-state index in [0.717, 1.165) is 17.7 Å². The van der Waals surface area contributed by atoms with Gasteiger partial charge in [0, 0.05) is 48.7 Å². The van der Waals surface area contributed by atoms with E-state index < -0.39 is 14.9 Å². The first-order chi connectivity index (χ1) is 21.5. The summed E-state index contributed by atoms with van der Waals surface area (Å²) in [4.78, 5) is 17.4. The van der Waals surface area contributed by atoms with E-state index >= 15 is 0 Å². The average Bonchev–Trinajstić information content (AvgIpc) is 3.04. The second-order valence-electron chi connectivity index (χ2n) is 10.8. The Morgan fingerprint density at radius 3 is 2.16 bits per heavy atom. The number of carbonyl (C=O) groups excluding carboxylic acids is 1.